The van der Waals surface area contributed by atoms with Gasteiger partial charge in [-0.2, -0.15) is 0 Å². The average Bonchev–Trinajstić information content (AvgIpc) is 3.23. The number of amides is 3. The van der Waals surface area contributed by atoms with Crippen molar-refractivity contribution in [3.8, 4) is 11.3 Å². The van der Waals surface area contributed by atoms with Crippen LogP contribution >= 0.6 is 11.8 Å². The number of furan rings is 1. The molecular formula is C17H11N3O4S. The smallest absolute Gasteiger partial charge is 0.266 e. The van der Waals surface area contributed by atoms with E-state index in [1.54, 1.807) is 43.5 Å². The number of hydrogen-bond donors (Lipinski definition) is 2. The Bertz CT molecular complexity index is 1010. The van der Waals surface area contributed by atoms with E-state index >= 15 is 0 Å². The highest BCUT2D eigenvalue weighted by Gasteiger charge is 2.29. The van der Waals surface area contributed by atoms with Gasteiger partial charge in [-0.05, 0) is 36.0 Å². The number of carbonyl (C=O) groups excluding carboxylic acids is 3. The van der Waals surface area contributed by atoms with Crippen molar-refractivity contribution >= 4 is 40.7 Å². The van der Waals surface area contributed by atoms with Gasteiger partial charge < -0.3 is 4.42 Å². The van der Waals surface area contributed by atoms with Gasteiger partial charge >= 0.3 is 0 Å². The van der Waals surface area contributed by atoms with Gasteiger partial charge in [0.2, 0.25) is 0 Å². The zero-order valence-electron chi connectivity index (χ0n) is 13.0. The molecule has 0 radical (unpaired) electrons. The highest BCUT2D eigenvalue weighted by atomic mass is 32.2. The van der Waals surface area contributed by atoms with E-state index in [1.165, 1.54) is 4.90 Å². The van der Waals surface area contributed by atoms with Crippen molar-refractivity contribution in [1.82, 2.24) is 10.2 Å². The van der Waals surface area contributed by atoms with Crippen LogP contribution in [-0.2, 0) is 4.79 Å². The van der Waals surface area contributed by atoms with Crippen molar-refractivity contribution in [2.24, 2.45) is 0 Å². The molecule has 0 atom stereocenters. The molecule has 1 saturated heterocycles. The van der Waals surface area contributed by atoms with E-state index in [-0.39, 0.29) is 11.1 Å². The van der Waals surface area contributed by atoms with Crippen LogP contribution in [0.2, 0.25) is 0 Å². The lowest BCUT2D eigenvalue weighted by molar-refractivity contribution is -0.121. The van der Waals surface area contributed by atoms with Crippen LogP contribution in [0, 0.1) is 5.41 Å². The molecule has 0 aliphatic carbocycles. The number of hydrogen-bond acceptors (Lipinski definition) is 6. The summed E-state index contributed by atoms with van der Waals surface area (Å²) in [6, 6.07) is 8.31. The lowest BCUT2D eigenvalue weighted by Gasteiger charge is -2.03. The summed E-state index contributed by atoms with van der Waals surface area (Å²) in [5, 5.41) is 10.1. The normalized spacial score (nSPS) is 18.3. The molecule has 3 amide bonds. The van der Waals surface area contributed by atoms with Crippen LogP contribution in [0.4, 0.5) is 0 Å². The second kappa shape index (κ2) is 5.45. The first-order chi connectivity index (χ1) is 11.9. The zero-order chi connectivity index (χ0) is 17.7. The molecule has 0 bridgehead atoms. The predicted molar refractivity (Wildman–Crippen MR) is 92.0 cm³/mol. The molecule has 0 spiro atoms. The van der Waals surface area contributed by atoms with Crippen LogP contribution in [0.1, 0.15) is 26.5 Å². The van der Waals surface area contributed by atoms with Crippen molar-refractivity contribution < 1.29 is 18.8 Å². The minimum atomic E-state index is -0.426. The summed E-state index contributed by atoms with van der Waals surface area (Å²) >= 11 is 1.07. The van der Waals surface area contributed by atoms with Gasteiger partial charge in [0.15, 0.2) is 5.17 Å². The number of fused-ring (bicyclic) bond motifs is 1. The van der Waals surface area contributed by atoms with E-state index in [0.717, 1.165) is 11.8 Å². The predicted octanol–water partition coefficient (Wildman–Crippen LogP) is 2.31. The fraction of sp³-hybridized carbons (Fsp3) is 0.0588. The first-order valence-corrected chi connectivity index (χ1v) is 8.12. The Balaban J connectivity index is 1.66. The van der Waals surface area contributed by atoms with Crippen LogP contribution in [0.5, 0.6) is 0 Å². The first kappa shape index (κ1) is 15.4. The molecule has 3 heterocycles. The van der Waals surface area contributed by atoms with Gasteiger partial charge in [-0.15, -0.1) is 0 Å². The Hall–Kier alpha value is -3.13. The van der Waals surface area contributed by atoms with Crippen LogP contribution in [0.15, 0.2) is 39.7 Å². The highest BCUT2D eigenvalue weighted by molar-refractivity contribution is 8.18. The number of carbonyl (C=O) groups is 3. The summed E-state index contributed by atoms with van der Waals surface area (Å²) < 4.78 is 5.72. The molecule has 0 saturated carbocycles. The standard InChI is InChI=1S/C17H11N3O4S/c1-20-16(23)13(25-17(20)18)7-9-3-5-12(24-9)8-2-4-10-11(6-8)15(22)19-14(10)21/h2-7,18H,1H3,(H,19,21,22)/b13-7+,18-17?. The fourth-order valence-corrected chi connectivity index (χ4v) is 3.43. The highest BCUT2D eigenvalue weighted by Crippen LogP contribution is 2.32. The molecule has 2 N–H and O–H groups in total. The Kier molecular flexibility index (Phi) is 3.36. The lowest BCUT2D eigenvalue weighted by Crippen LogP contribution is -2.22. The molecule has 1 fully saturated rings. The van der Waals surface area contributed by atoms with E-state index in [4.69, 9.17) is 9.83 Å². The van der Waals surface area contributed by atoms with E-state index in [1.807, 2.05) is 0 Å². The summed E-state index contributed by atoms with van der Waals surface area (Å²) in [4.78, 5) is 37.0. The van der Waals surface area contributed by atoms with Crippen molar-refractivity contribution in [3.05, 3.63) is 52.1 Å². The van der Waals surface area contributed by atoms with Gasteiger partial charge in [0.25, 0.3) is 17.7 Å². The summed E-state index contributed by atoms with van der Waals surface area (Å²) in [7, 11) is 1.54. The van der Waals surface area contributed by atoms with E-state index in [0.29, 0.717) is 33.1 Å². The lowest BCUT2D eigenvalue weighted by atomic mass is 10.0. The van der Waals surface area contributed by atoms with Gasteiger partial charge in [0.05, 0.1) is 16.0 Å². The molecule has 0 unspecified atom stereocenters. The molecule has 2 aliphatic heterocycles. The Labute approximate surface area is 146 Å². The van der Waals surface area contributed by atoms with Crippen LogP contribution in [0.25, 0.3) is 17.4 Å². The number of benzene rings is 1. The first-order valence-electron chi connectivity index (χ1n) is 7.30. The van der Waals surface area contributed by atoms with E-state index in [2.05, 4.69) is 5.32 Å². The monoisotopic (exact) mass is 353 g/mol. The van der Waals surface area contributed by atoms with Gasteiger partial charge in [-0.25, -0.2) is 0 Å². The molecule has 7 nitrogen and oxygen atoms in total. The fourth-order valence-electron chi connectivity index (χ4n) is 2.60. The van der Waals surface area contributed by atoms with Crippen molar-refractivity contribution in [1.29, 1.82) is 5.41 Å². The molecule has 2 aliphatic rings. The topological polar surface area (TPSA) is 103 Å². The molecule has 8 heteroatoms. The second-order valence-corrected chi connectivity index (χ2v) is 6.56. The van der Waals surface area contributed by atoms with Crippen LogP contribution in [-0.4, -0.2) is 34.8 Å². The second-order valence-electron chi connectivity index (χ2n) is 5.53. The van der Waals surface area contributed by atoms with Gasteiger partial charge in [-0.1, -0.05) is 6.07 Å². The van der Waals surface area contributed by atoms with Gasteiger partial charge in [-0.3, -0.25) is 30.0 Å². The third-order valence-electron chi connectivity index (χ3n) is 3.95. The molecule has 1 aromatic heterocycles. The third-order valence-corrected chi connectivity index (χ3v) is 4.93. The number of nitrogens with one attached hydrogen (secondary N) is 2. The minimum Gasteiger partial charge on any atom is -0.457 e. The third kappa shape index (κ3) is 2.47. The molecule has 4 rings (SSSR count). The molecule has 1 aromatic carbocycles. The molecule has 2 aromatic rings. The maximum Gasteiger partial charge on any atom is 0.266 e. The Morgan fingerprint density at radius 1 is 1.12 bits per heavy atom. The Morgan fingerprint density at radius 2 is 1.88 bits per heavy atom. The maximum absolute atomic E-state index is 12.0. The number of imide groups is 1. The van der Waals surface area contributed by atoms with Gasteiger partial charge in [0.1, 0.15) is 11.5 Å². The summed E-state index contributed by atoms with van der Waals surface area (Å²) in [5.41, 5.74) is 1.32. The summed E-state index contributed by atoms with van der Waals surface area (Å²) in [6.45, 7) is 0. The maximum atomic E-state index is 12.0. The Morgan fingerprint density at radius 3 is 2.60 bits per heavy atom. The quantitative estimate of drug-likeness (QED) is 0.637. The average molecular weight is 353 g/mol. The van der Waals surface area contributed by atoms with Crippen LogP contribution < -0.4 is 5.32 Å². The van der Waals surface area contributed by atoms with Crippen molar-refractivity contribution in [3.63, 3.8) is 0 Å². The van der Waals surface area contributed by atoms with Crippen LogP contribution in [0.3, 0.4) is 0 Å². The van der Waals surface area contributed by atoms with Crippen molar-refractivity contribution in [2.45, 2.75) is 0 Å². The molecular weight excluding hydrogens is 342 g/mol. The summed E-state index contributed by atoms with van der Waals surface area (Å²) in [6.07, 6.45) is 1.58. The molecule has 124 valence electrons. The SMILES string of the molecule is CN1C(=N)S/C(=C/c2ccc(-c3ccc4c(c3)C(=O)NC4=O)o2)C1=O. The number of nitrogens with zero attached hydrogens (tertiary/aromatic N) is 1. The number of thioether (sulfide) groups is 1. The molecule has 25 heavy (non-hydrogen) atoms. The number of likely N-dealkylation sites (N-methyl/N-ethyl adjacent to an activating group) is 1. The van der Waals surface area contributed by atoms with Gasteiger partial charge in [0, 0.05) is 18.7 Å². The van der Waals surface area contributed by atoms with E-state index < -0.39 is 11.8 Å². The van der Waals surface area contributed by atoms with Crippen molar-refractivity contribution in [2.75, 3.05) is 7.05 Å². The minimum absolute atomic E-state index is 0.164. The van der Waals surface area contributed by atoms with E-state index in [9.17, 15) is 14.4 Å². The number of rotatable bonds is 2. The zero-order valence-corrected chi connectivity index (χ0v) is 13.8. The largest absolute Gasteiger partial charge is 0.457 e. The number of amidine groups is 1. The summed E-state index contributed by atoms with van der Waals surface area (Å²) in [5.74, 6) is -0.0960.